The Hall–Kier alpha value is -0.990. The molecule has 2 heterocycles. The van der Waals surface area contributed by atoms with Crippen LogP contribution in [-0.2, 0) is 20.6 Å². The second-order valence-electron chi connectivity index (χ2n) is 5.31. The minimum atomic E-state index is -3.30. The quantitative estimate of drug-likeness (QED) is 0.721. The van der Waals surface area contributed by atoms with Crippen LogP contribution in [0, 0.1) is 0 Å². The molecule has 124 valence electrons. The van der Waals surface area contributed by atoms with Crippen molar-refractivity contribution in [2.45, 2.75) is 31.1 Å². The molecule has 0 unspecified atom stereocenters. The van der Waals surface area contributed by atoms with E-state index < -0.39 is 16.1 Å². The van der Waals surface area contributed by atoms with Crippen LogP contribution in [0.5, 0.6) is 0 Å². The molecule has 1 fully saturated rings. The summed E-state index contributed by atoms with van der Waals surface area (Å²) in [5, 5.41) is 2.84. The fourth-order valence-corrected chi connectivity index (χ4v) is 4.45. The minimum absolute atomic E-state index is 0.182. The molecular weight excluding hydrogens is 324 g/mol. The molecule has 2 rings (SSSR count). The van der Waals surface area contributed by atoms with Gasteiger partial charge in [-0.2, -0.15) is 16.1 Å². The number of nitrogens with zero attached hydrogens (tertiary/aromatic N) is 1. The Labute approximate surface area is 135 Å². The standard InChI is InChI=1S/C14H22N2O4S2/c1-22(18,19)16-8-2-6-13(16)14(17)15-7-4-10-21-11-12-5-3-9-20-12/h3,5,9,13H,2,4,6-8,10-11H2,1H3,(H,15,17)/t13-/m0/s1. The highest BCUT2D eigenvalue weighted by molar-refractivity contribution is 7.98. The molecule has 1 atom stereocenters. The smallest absolute Gasteiger partial charge is 0.238 e. The summed E-state index contributed by atoms with van der Waals surface area (Å²) in [4.78, 5) is 12.1. The van der Waals surface area contributed by atoms with E-state index in [4.69, 9.17) is 4.42 Å². The summed E-state index contributed by atoms with van der Waals surface area (Å²) in [6.45, 7) is 1.01. The van der Waals surface area contributed by atoms with Gasteiger partial charge in [-0.1, -0.05) is 0 Å². The second-order valence-corrected chi connectivity index (χ2v) is 8.35. The van der Waals surface area contributed by atoms with Crippen molar-refractivity contribution in [2.75, 3.05) is 25.1 Å². The molecule has 1 aromatic heterocycles. The van der Waals surface area contributed by atoms with E-state index in [1.165, 1.54) is 4.31 Å². The molecule has 1 aliphatic rings. The van der Waals surface area contributed by atoms with Crippen LogP contribution in [0.25, 0.3) is 0 Å². The number of hydrogen-bond acceptors (Lipinski definition) is 5. The summed E-state index contributed by atoms with van der Waals surface area (Å²) in [5.41, 5.74) is 0. The average Bonchev–Trinajstić information content (AvgIpc) is 3.11. The van der Waals surface area contributed by atoms with Gasteiger partial charge in [-0.05, 0) is 37.1 Å². The van der Waals surface area contributed by atoms with Gasteiger partial charge in [-0.25, -0.2) is 8.42 Å². The summed E-state index contributed by atoms with van der Waals surface area (Å²) in [6.07, 6.45) is 5.01. The Morgan fingerprint density at radius 3 is 3.05 bits per heavy atom. The maximum atomic E-state index is 12.1. The van der Waals surface area contributed by atoms with E-state index in [1.807, 2.05) is 12.1 Å². The van der Waals surface area contributed by atoms with Crippen molar-refractivity contribution in [2.24, 2.45) is 0 Å². The van der Waals surface area contributed by atoms with Crippen molar-refractivity contribution >= 4 is 27.7 Å². The fraction of sp³-hybridized carbons (Fsp3) is 0.643. The molecule has 8 heteroatoms. The fourth-order valence-electron chi connectivity index (χ4n) is 2.47. The average molecular weight is 346 g/mol. The normalized spacial score (nSPS) is 19.4. The first kappa shape index (κ1) is 17.4. The summed E-state index contributed by atoms with van der Waals surface area (Å²) >= 11 is 1.75. The van der Waals surface area contributed by atoms with Gasteiger partial charge < -0.3 is 9.73 Å². The molecule has 22 heavy (non-hydrogen) atoms. The molecule has 1 aromatic rings. The second kappa shape index (κ2) is 8.03. The van der Waals surface area contributed by atoms with Crippen molar-refractivity contribution in [3.63, 3.8) is 0 Å². The molecule has 1 amide bonds. The highest BCUT2D eigenvalue weighted by Gasteiger charge is 2.36. The number of rotatable bonds is 8. The molecule has 0 aromatic carbocycles. The van der Waals surface area contributed by atoms with Crippen molar-refractivity contribution in [1.29, 1.82) is 0 Å². The van der Waals surface area contributed by atoms with Crippen LogP contribution in [0.4, 0.5) is 0 Å². The third-order valence-corrected chi connectivity index (χ3v) is 5.88. The van der Waals surface area contributed by atoms with Gasteiger partial charge in [-0.15, -0.1) is 0 Å². The van der Waals surface area contributed by atoms with Gasteiger partial charge in [0.2, 0.25) is 15.9 Å². The number of furan rings is 1. The molecule has 0 aliphatic carbocycles. The van der Waals surface area contributed by atoms with E-state index in [0.717, 1.165) is 36.4 Å². The maximum absolute atomic E-state index is 12.1. The van der Waals surface area contributed by atoms with Gasteiger partial charge in [0.15, 0.2) is 0 Å². The van der Waals surface area contributed by atoms with Crippen molar-refractivity contribution in [3.8, 4) is 0 Å². The molecule has 0 saturated carbocycles. The number of sulfonamides is 1. The lowest BCUT2D eigenvalue weighted by molar-refractivity contribution is -0.124. The minimum Gasteiger partial charge on any atom is -0.468 e. The number of thioether (sulfide) groups is 1. The van der Waals surface area contributed by atoms with E-state index >= 15 is 0 Å². The number of carbonyl (C=O) groups excluding carboxylic acids is 1. The summed E-state index contributed by atoms with van der Waals surface area (Å²) in [5.74, 6) is 2.51. The lowest BCUT2D eigenvalue weighted by atomic mass is 10.2. The topological polar surface area (TPSA) is 79.6 Å². The summed E-state index contributed by atoms with van der Waals surface area (Å²) in [6, 6.07) is 3.27. The number of amides is 1. The summed E-state index contributed by atoms with van der Waals surface area (Å²) < 4.78 is 29.8. The SMILES string of the molecule is CS(=O)(=O)N1CCC[C@H]1C(=O)NCCCSCc1ccco1. The van der Waals surface area contributed by atoms with Crippen LogP contribution in [-0.4, -0.2) is 49.8 Å². The molecule has 6 nitrogen and oxygen atoms in total. The zero-order valence-electron chi connectivity index (χ0n) is 12.7. The molecule has 0 bridgehead atoms. The molecule has 0 radical (unpaired) electrons. The number of hydrogen-bond donors (Lipinski definition) is 1. The van der Waals surface area contributed by atoms with Gasteiger partial charge in [0.25, 0.3) is 0 Å². The van der Waals surface area contributed by atoms with Crippen molar-refractivity contribution < 1.29 is 17.6 Å². The molecule has 0 spiro atoms. The lowest BCUT2D eigenvalue weighted by Gasteiger charge is -2.21. The predicted octanol–water partition coefficient (Wildman–Crippen LogP) is 1.44. The zero-order valence-corrected chi connectivity index (χ0v) is 14.3. The van der Waals surface area contributed by atoms with Gasteiger partial charge in [0.1, 0.15) is 11.8 Å². The third-order valence-electron chi connectivity index (χ3n) is 3.52. The molecular formula is C14H22N2O4S2. The van der Waals surface area contributed by atoms with Crippen LogP contribution >= 0.6 is 11.8 Å². The van der Waals surface area contributed by atoms with Crippen LogP contribution in [0.15, 0.2) is 22.8 Å². The van der Waals surface area contributed by atoms with Gasteiger partial charge >= 0.3 is 0 Å². The molecule has 1 saturated heterocycles. The first-order valence-electron chi connectivity index (χ1n) is 7.33. The largest absolute Gasteiger partial charge is 0.468 e. The Morgan fingerprint density at radius 2 is 2.36 bits per heavy atom. The van der Waals surface area contributed by atoms with Crippen LogP contribution in [0.3, 0.4) is 0 Å². The van der Waals surface area contributed by atoms with E-state index in [9.17, 15) is 13.2 Å². The molecule has 1 aliphatic heterocycles. The number of carbonyl (C=O) groups is 1. The van der Waals surface area contributed by atoms with E-state index in [2.05, 4.69) is 5.32 Å². The highest BCUT2D eigenvalue weighted by Crippen LogP contribution is 2.20. The maximum Gasteiger partial charge on any atom is 0.238 e. The Kier molecular flexibility index (Phi) is 6.34. The predicted molar refractivity (Wildman–Crippen MR) is 87.1 cm³/mol. The Morgan fingerprint density at radius 1 is 1.55 bits per heavy atom. The van der Waals surface area contributed by atoms with Crippen molar-refractivity contribution in [1.82, 2.24) is 9.62 Å². The third kappa shape index (κ3) is 5.03. The van der Waals surface area contributed by atoms with E-state index in [1.54, 1.807) is 18.0 Å². The number of nitrogens with one attached hydrogen (secondary N) is 1. The van der Waals surface area contributed by atoms with Gasteiger partial charge in [0.05, 0.1) is 18.3 Å². The van der Waals surface area contributed by atoms with Gasteiger partial charge in [-0.3, -0.25) is 4.79 Å². The van der Waals surface area contributed by atoms with Crippen LogP contribution in [0.1, 0.15) is 25.0 Å². The van der Waals surface area contributed by atoms with E-state index in [-0.39, 0.29) is 5.91 Å². The van der Waals surface area contributed by atoms with E-state index in [0.29, 0.717) is 19.5 Å². The van der Waals surface area contributed by atoms with Gasteiger partial charge in [0, 0.05) is 13.1 Å². The van der Waals surface area contributed by atoms with Crippen LogP contribution < -0.4 is 5.32 Å². The van der Waals surface area contributed by atoms with Crippen LogP contribution in [0.2, 0.25) is 0 Å². The highest BCUT2D eigenvalue weighted by atomic mass is 32.2. The van der Waals surface area contributed by atoms with Crippen molar-refractivity contribution in [3.05, 3.63) is 24.2 Å². The summed E-state index contributed by atoms with van der Waals surface area (Å²) in [7, 11) is -3.30. The Balaban J connectivity index is 1.63. The first-order valence-corrected chi connectivity index (χ1v) is 10.3. The molecule has 1 N–H and O–H groups in total. The zero-order chi connectivity index (χ0) is 16.0. The first-order chi connectivity index (χ1) is 10.5. The Bertz CT molecular complexity index is 572. The lowest BCUT2D eigenvalue weighted by Crippen LogP contribution is -2.45. The monoisotopic (exact) mass is 346 g/mol.